The van der Waals surface area contributed by atoms with Gasteiger partial charge in [0.05, 0.1) is 6.42 Å². The van der Waals surface area contributed by atoms with Crippen molar-refractivity contribution in [3.8, 4) is 0 Å². The molecule has 0 aromatic rings. The highest BCUT2D eigenvalue weighted by Crippen LogP contribution is 2.26. The second kappa shape index (κ2) is 12.1. The van der Waals surface area contributed by atoms with E-state index in [-0.39, 0.29) is 43.2 Å². The van der Waals surface area contributed by atoms with Gasteiger partial charge in [0, 0.05) is 32.4 Å². The summed E-state index contributed by atoms with van der Waals surface area (Å²) in [5, 5.41) is 2.74. The van der Waals surface area contributed by atoms with Gasteiger partial charge in [-0.25, -0.2) is 4.79 Å². The maximum Gasteiger partial charge on any atom is 0.328 e. The number of carbonyl (C=O) groups excluding carboxylic acids is 5. The first-order valence-corrected chi connectivity index (χ1v) is 13.3. The number of fused-ring (bicyclic) bond motifs is 2. The zero-order chi connectivity index (χ0) is 25.7. The van der Waals surface area contributed by atoms with Gasteiger partial charge >= 0.3 is 5.97 Å². The Bertz CT molecular complexity index is 841. The number of nitrogens with one attached hydrogen (secondary N) is 2. The molecule has 0 radical (unpaired) electrons. The molecule has 3 saturated heterocycles. The molecule has 0 bridgehead atoms. The largest absolute Gasteiger partial charge is 0.464 e. The SMILES string of the molecule is CCSNCC1C(=O)NC(C)C(=O)N2CCCC2C(=O)OCCC(=O)N2CC(C)CC2C(=O)N1C. The molecule has 3 aliphatic heterocycles. The van der Waals surface area contributed by atoms with Gasteiger partial charge < -0.3 is 24.8 Å². The summed E-state index contributed by atoms with van der Waals surface area (Å²) in [4.78, 5) is 69.9. The van der Waals surface area contributed by atoms with Gasteiger partial charge in [-0.3, -0.25) is 23.9 Å². The number of hydrogen-bond acceptors (Lipinski definition) is 8. The summed E-state index contributed by atoms with van der Waals surface area (Å²) in [5.41, 5.74) is 0. The number of carbonyl (C=O) groups is 5. The number of hydrogen-bond donors (Lipinski definition) is 2. The number of esters is 1. The Morgan fingerprint density at radius 2 is 1.83 bits per heavy atom. The van der Waals surface area contributed by atoms with Crippen LogP contribution < -0.4 is 10.0 Å². The van der Waals surface area contributed by atoms with Gasteiger partial charge in [-0.15, -0.1) is 0 Å². The fourth-order valence-corrected chi connectivity index (χ4v) is 5.44. The molecule has 196 valence electrons. The molecule has 3 fully saturated rings. The molecule has 35 heavy (non-hydrogen) atoms. The van der Waals surface area contributed by atoms with Crippen molar-refractivity contribution in [1.29, 1.82) is 0 Å². The highest BCUT2D eigenvalue weighted by molar-refractivity contribution is 7.97. The lowest BCUT2D eigenvalue weighted by atomic mass is 10.1. The summed E-state index contributed by atoms with van der Waals surface area (Å²) in [5.74, 6) is -1.09. The smallest absolute Gasteiger partial charge is 0.328 e. The van der Waals surface area contributed by atoms with Crippen LogP contribution in [-0.2, 0) is 28.7 Å². The van der Waals surface area contributed by atoms with Crippen LogP contribution in [-0.4, -0.2) is 108 Å². The van der Waals surface area contributed by atoms with Crippen molar-refractivity contribution < 1.29 is 28.7 Å². The highest BCUT2D eigenvalue weighted by Gasteiger charge is 2.43. The molecule has 12 heteroatoms. The van der Waals surface area contributed by atoms with Gasteiger partial charge in [-0.05, 0) is 32.1 Å². The van der Waals surface area contributed by atoms with Crippen LogP contribution in [0.2, 0.25) is 0 Å². The van der Waals surface area contributed by atoms with E-state index in [2.05, 4.69) is 10.0 Å². The summed E-state index contributed by atoms with van der Waals surface area (Å²) in [6.07, 6.45) is 1.58. The minimum absolute atomic E-state index is 0.0400. The molecule has 0 aromatic carbocycles. The number of rotatable bonds is 4. The lowest BCUT2D eigenvalue weighted by Crippen LogP contribution is -2.59. The lowest BCUT2D eigenvalue weighted by Gasteiger charge is -2.34. The quantitative estimate of drug-likeness (QED) is 0.301. The Morgan fingerprint density at radius 1 is 1.09 bits per heavy atom. The average Bonchev–Trinajstić information content (AvgIpc) is 3.46. The lowest BCUT2D eigenvalue weighted by molar-refractivity contribution is -0.156. The van der Waals surface area contributed by atoms with Gasteiger partial charge in [0.1, 0.15) is 30.8 Å². The van der Waals surface area contributed by atoms with Crippen LogP contribution in [0.1, 0.15) is 46.5 Å². The minimum Gasteiger partial charge on any atom is -0.464 e. The molecule has 3 rings (SSSR count). The van der Waals surface area contributed by atoms with Crippen molar-refractivity contribution in [3.63, 3.8) is 0 Å². The predicted octanol–water partition coefficient (Wildman–Crippen LogP) is -0.249. The zero-order valence-electron chi connectivity index (χ0n) is 21.0. The highest BCUT2D eigenvalue weighted by atomic mass is 32.2. The minimum atomic E-state index is -0.878. The Kier molecular flexibility index (Phi) is 9.40. The van der Waals surface area contributed by atoms with Gasteiger partial charge in [0.15, 0.2) is 0 Å². The van der Waals surface area contributed by atoms with Crippen molar-refractivity contribution in [2.75, 3.05) is 39.0 Å². The molecule has 11 nitrogen and oxygen atoms in total. The van der Waals surface area contributed by atoms with Crippen LogP contribution in [0.3, 0.4) is 0 Å². The van der Waals surface area contributed by atoms with E-state index in [1.165, 1.54) is 21.7 Å². The molecule has 0 saturated carbocycles. The molecule has 0 aliphatic carbocycles. The molecule has 3 aliphatic rings. The number of ether oxygens (including phenoxy) is 1. The van der Waals surface area contributed by atoms with Gasteiger partial charge in [-0.1, -0.05) is 25.8 Å². The summed E-state index contributed by atoms with van der Waals surface area (Å²) in [6.45, 7) is 6.42. The third-order valence-electron chi connectivity index (χ3n) is 6.85. The molecule has 5 atom stereocenters. The van der Waals surface area contributed by atoms with E-state index in [1.807, 2.05) is 13.8 Å². The molecule has 0 aromatic heterocycles. The van der Waals surface area contributed by atoms with E-state index < -0.39 is 36.0 Å². The summed E-state index contributed by atoms with van der Waals surface area (Å²) in [7, 11) is 1.56. The number of likely N-dealkylation sites (N-methyl/N-ethyl adjacent to an activating group) is 1. The number of nitrogens with zero attached hydrogens (tertiary/aromatic N) is 3. The Labute approximate surface area is 210 Å². The number of amides is 4. The van der Waals surface area contributed by atoms with Gasteiger partial charge in [0.25, 0.3) is 0 Å². The third-order valence-corrected chi connectivity index (χ3v) is 7.51. The topological polar surface area (TPSA) is 128 Å². The monoisotopic (exact) mass is 511 g/mol. The third kappa shape index (κ3) is 6.27. The molecule has 4 amide bonds. The van der Waals surface area contributed by atoms with Crippen molar-refractivity contribution >= 4 is 41.5 Å². The van der Waals surface area contributed by atoms with Crippen LogP contribution in [0.25, 0.3) is 0 Å². The Hall–Kier alpha value is -2.34. The fraction of sp³-hybridized carbons (Fsp3) is 0.783. The Balaban J connectivity index is 1.90. The summed E-state index contributed by atoms with van der Waals surface area (Å²) >= 11 is 1.42. The van der Waals surface area contributed by atoms with Crippen LogP contribution in [0.15, 0.2) is 0 Å². The van der Waals surface area contributed by atoms with Crippen LogP contribution >= 0.6 is 11.9 Å². The molecule has 3 heterocycles. The van der Waals surface area contributed by atoms with E-state index in [1.54, 1.807) is 18.9 Å². The molecule has 5 unspecified atom stereocenters. The van der Waals surface area contributed by atoms with Crippen LogP contribution in [0.5, 0.6) is 0 Å². The van der Waals surface area contributed by atoms with Gasteiger partial charge in [-0.2, -0.15) is 0 Å². The standard InChI is InChI=1S/C23H37N5O6S/c1-5-35-24-12-18-20(30)25-15(3)21(31)27-9-6-7-16(27)23(33)34-10-8-19(29)28-13-14(2)11-17(28)22(32)26(18)4/h14-18,24H,5-13H2,1-4H3,(H,25,30). The maximum atomic E-state index is 13.5. The normalized spacial score (nSPS) is 31.4. The first-order chi connectivity index (χ1) is 16.6. The molecule has 0 spiro atoms. The Morgan fingerprint density at radius 3 is 2.54 bits per heavy atom. The second-order valence-electron chi connectivity index (χ2n) is 9.49. The van der Waals surface area contributed by atoms with E-state index in [9.17, 15) is 24.0 Å². The first-order valence-electron chi connectivity index (χ1n) is 12.3. The van der Waals surface area contributed by atoms with Crippen LogP contribution in [0.4, 0.5) is 0 Å². The van der Waals surface area contributed by atoms with E-state index in [0.29, 0.717) is 32.4 Å². The van der Waals surface area contributed by atoms with E-state index in [0.717, 1.165) is 5.75 Å². The molecular formula is C23H37N5O6S. The van der Waals surface area contributed by atoms with Crippen molar-refractivity contribution in [2.45, 2.75) is 70.6 Å². The summed E-state index contributed by atoms with van der Waals surface area (Å²) < 4.78 is 8.46. The second-order valence-corrected chi connectivity index (χ2v) is 10.6. The van der Waals surface area contributed by atoms with Crippen LogP contribution in [0, 0.1) is 5.92 Å². The van der Waals surface area contributed by atoms with Gasteiger partial charge in [0.2, 0.25) is 23.6 Å². The zero-order valence-corrected chi connectivity index (χ0v) is 21.8. The maximum absolute atomic E-state index is 13.5. The first kappa shape index (κ1) is 27.3. The predicted molar refractivity (Wildman–Crippen MR) is 130 cm³/mol. The molecular weight excluding hydrogens is 474 g/mol. The van der Waals surface area contributed by atoms with Crippen molar-refractivity contribution in [3.05, 3.63) is 0 Å². The average molecular weight is 512 g/mol. The fourth-order valence-electron chi connectivity index (χ4n) is 4.96. The summed E-state index contributed by atoms with van der Waals surface area (Å²) in [6, 6.07) is -3.17. The van der Waals surface area contributed by atoms with E-state index >= 15 is 0 Å². The van der Waals surface area contributed by atoms with E-state index in [4.69, 9.17) is 4.74 Å². The van der Waals surface area contributed by atoms with Crippen molar-refractivity contribution in [1.82, 2.24) is 24.7 Å². The number of cyclic esters (lactones) is 1. The van der Waals surface area contributed by atoms with Crippen molar-refractivity contribution in [2.24, 2.45) is 5.92 Å². The molecule has 2 N–H and O–H groups in total.